The zero-order valence-electron chi connectivity index (χ0n) is 16.3. The molecule has 3 aliphatic rings. The molecule has 1 amide bonds. The van der Waals surface area contributed by atoms with Crippen molar-refractivity contribution >= 4 is 11.9 Å². The van der Waals surface area contributed by atoms with E-state index in [2.05, 4.69) is 15.2 Å². The molecule has 0 aromatic rings. The summed E-state index contributed by atoms with van der Waals surface area (Å²) in [6, 6.07) is 0. The lowest BCUT2D eigenvalue weighted by Crippen LogP contribution is -2.43. The van der Waals surface area contributed by atoms with Gasteiger partial charge in [0.25, 0.3) is 0 Å². The van der Waals surface area contributed by atoms with Gasteiger partial charge in [-0.05, 0) is 37.5 Å². The predicted octanol–water partition coefficient (Wildman–Crippen LogP) is 0.805. The van der Waals surface area contributed by atoms with Crippen LogP contribution in [-0.2, 0) is 14.3 Å². The first kappa shape index (κ1) is 19.4. The van der Waals surface area contributed by atoms with E-state index in [1.807, 2.05) is 0 Å². The predicted molar refractivity (Wildman–Crippen MR) is 101 cm³/mol. The van der Waals surface area contributed by atoms with Crippen LogP contribution in [0.2, 0.25) is 0 Å². The first-order valence-electron chi connectivity index (χ1n) is 10.0. The number of amides is 1. The lowest BCUT2D eigenvalue weighted by Gasteiger charge is -2.28. The second kappa shape index (κ2) is 9.55. The first-order chi connectivity index (χ1) is 12.6. The van der Waals surface area contributed by atoms with Crippen molar-refractivity contribution in [1.29, 1.82) is 0 Å². The molecule has 2 unspecified atom stereocenters. The molecule has 0 spiro atoms. The van der Waals surface area contributed by atoms with Crippen LogP contribution < -0.4 is 5.32 Å². The van der Waals surface area contributed by atoms with Crippen LogP contribution in [0.4, 0.5) is 0 Å². The van der Waals surface area contributed by atoms with Gasteiger partial charge in [0.1, 0.15) is 6.54 Å². The number of carbonyl (C=O) groups is 1. The van der Waals surface area contributed by atoms with Gasteiger partial charge in [0.2, 0.25) is 5.91 Å². The number of rotatable bonds is 5. The molecule has 0 aliphatic carbocycles. The van der Waals surface area contributed by atoms with E-state index in [0.29, 0.717) is 11.8 Å². The highest BCUT2D eigenvalue weighted by Gasteiger charge is 2.32. The van der Waals surface area contributed by atoms with E-state index >= 15 is 0 Å². The summed E-state index contributed by atoms with van der Waals surface area (Å²) >= 11 is 0. The lowest BCUT2D eigenvalue weighted by atomic mass is 9.85. The van der Waals surface area contributed by atoms with Crippen molar-refractivity contribution in [1.82, 2.24) is 15.1 Å². The molecule has 7 heteroatoms. The fourth-order valence-electron chi connectivity index (χ4n) is 4.08. The van der Waals surface area contributed by atoms with Crippen molar-refractivity contribution in [3.8, 4) is 0 Å². The molecule has 3 heterocycles. The number of nitrogens with zero attached hydrogens (tertiary/aromatic N) is 3. The maximum atomic E-state index is 12.0. The van der Waals surface area contributed by atoms with Crippen LogP contribution in [0.25, 0.3) is 0 Å². The Morgan fingerprint density at radius 2 is 1.88 bits per heavy atom. The second-order valence-corrected chi connectivity index (χ2v) is 7.98. The van der Waals surface area contributed by atoms with E-state index in [0.717, 1.165) is 64.4 Å². The van der Waals surface area contributed by atoms with Crippen molar-refractivity contribution in [2.75, 3.05) is 66.7 Å². The third-order valence-electron chi connectivity index (χ3n) is 5.89. The Bertz CT molecular complexity index is 485. The molecule has 0 radical (unpaired) electrons. The van der Waals surface area contributed by atoms with Crippen molar-refractivity contribution in [3.05, 3.63) is 0 Å². The van der Waals surface area contributed by atoms with Crippen LogP contribution in [-0.4, -0.2) is 88.4 Å². The normalized spacial score (nSPS) is 27.8. The number of hydrogen-bond acceptors (Lipinski definition) is 4. The van der Waals surface area contributed by atoms with Gasteiger partial charge in [0.05, 0.1) is 6.61 Å². The monoisotopic (exact) mass is 366 g/mol. The van der Waals surface area contributed by atoms with Crippen LogP contribution in [0.3, 0.4) is 0 Å². The van der Waals surface area contributed by atoms with Gasteiger partial charge >= 0.3 is 0 Å². The number of carbonyl (C=O) groups excluding carboxylic acids is 1. The largest absolute Gasteiger partial charge is 0.381 e. The van der Waals surface area contributed by atoms with Gasteiger partial charge in [-0.15, -0.1) is 0 Å². The average molecular weight is 367 g/mol. The van der Waals surface area contributed by atoms with Gasteiger partial charge in [0, 0.05) is 59.5 Å². The summed E-state index contributed by atoms with van der Waals surface area (Å²) in [5, 5.41) is 3.52. The lowest BCUT2D eigenvalue weighted by molar-refractivity contribution is -0.127. The number of likely N-dealkylation sites (tertiary alicyclic amines) is 1. The molecule has 3 fully saturated rings. The highest BCUT2D eigenvalue weighted by molar-refractivity contribution is 5.85. The van der Waals surface area contributed by atoms with Gasteiger partial charge in [-0.1, -0.05) is 0 Å². The minimum atomic E-state index is 0.0358. The molecule has 0 aromatic heterocycles. The van der Waals surface area contributed by atoms with Gasteiger partial charge < -0.3 is 24.6 Å². The first-order valence-corrected chi connectivity index (χ1v) is 10.0. The highest BCUT2D eigenvalue weighted by Crippen LogP contribution is 2.31. The van der Waals surface area contributed by atoms with Crippen molar-refractivity contribution < 1.29 is 14.3 Å². The molecule has 148 valence electrons. The van der Waals surface area contributed by atoms with Gasteiger partial charge in [-0.2, -0.15) is 0 Å². The van der Waals surface area contributed by atoms with Crippen LogP contribution in [0, 0.1) is 17.8 Å². The molecule has 26 heavy (non-hydrogen) atoms. The van der Waals surface area contributed by atoms with Crippen LogP contribution in [0.15, 0.2) is 4.99 Å². The van der Waals surface area contributed by atoms with E-state index in [4.69, 9.17) is 9.47 Å². The Balaban J connectivity index is 1.58. The third kappa shape index (κ3) is 5.33. The number of ether oxygens (including phenoxy) is 2. The summed E-state index contributed by atoms with van der Waals surface area (Å²) in [5.74, 6) is 2.95. The Hall–Kier alpha value is -1.34. The zero-order chi connectivity index (χ0) is 18.4. The van der Waals surface area contributed by atoms with Gasteiger partial charge in [-0.3, -0.25) is 4.79 Å². The minimum Gasteiger partial charge on any atom is -0.381 e. The SMILES string of the molecule is CN(C)C(=O)CN=C(NCC1CCOC1)N1CCC(C2CCOCC2)C1. The molecule has 3 aliphatic heterocycles. The molecule has 3 saturated heterocycles. The maximum Gasteiger partial charge on any atom is 0.243 e. The number of guanidine groups is 1. The molecule has 3 rings (SSSR count). The van der Waals surface area contributed by atoms with Crippen molar-refractivity contribution in [3.63, 3.8) is 0 Å². The Kier molecular flexibility index (Phi) is 7.14. The smallest absolute Gasteiger partial charge is 0.243 e. The topological polar surface area (TPSA) is 66.4 Å². The van der Waals surface area contributed by atoms with Gasteiger partial charge in [-0.25, -0.2) is 4.99 Å². The van der Waals surface area contributed by atoms with E-state index in [-0.39, 0.29) is 12.5 Å². The summed E-state index contributed by atoms with van der Waals surface area (Å²) in [7, 11) is 3.55. The quantitative estimate of drug-likeness (QED) is 0.576. The zero-order valence-corrected chi connectivity index (χ0v) is 16.3. The minimum absolute atomic E-state index is 0.0358. The molecule has 7 nitrogen and oxygen atoms in total. The van der Waals surface area contributed by atoms with E-state index in [9.17, 15) is 4.79 Å². The fraction of sp³-hybridized carbons (Fsp3) is 0.895. The molecular formula is C19H34N4O3. The standard InChI is InChI=1S/C19H34N4O3/c1-22(2)18(24)12-21-19(20-11-15-4-8-26-14-15)23-7-3-17(13-23)16-5-9-25-10-6-16/h15-17H,3-14H2,1-2H3,(H,20,21). The number of hydrogen-bond donors (Lipinski definition) is 1. The Labute approximate surface area is 157 Å². The average Bonchev–Trinajstić information content (AvgIpc) is 3.34. The summed E-state index contributed by atoms with van der Waals surface area (Å²) in [5.41, 5.74) is 0. The molecule has 0 bridgehead atoms. The van der Waals surface area contributed by atoms with E-state index in [1.54, 1.807) is 19.0 Å². The highest BCUT2D eigenvalue weighted by atomic mass is 16.5. The summed E-state index contributed by atoms with van der Waals surface area (Å²) < 4.78 is 11.0. The van der Waals surface area contributed by atoms with E-state index in [1.165, 1.54) is 19.3 Å². The maximum absolute atomic E-state index is 12.0. The number of likely N-dealkylation sites (N-methyl/N-ethyl adjacent to an activating group) is 1. The van der Waals surface area contributed by atoms with Crippen molar-refractivity contribution in [2.24, 2.45) is 22.7 Å². The van der Waals surface area contributed by atoms with Gasteiger partial charge in [0.15, 0.2) is 5.96 Å². The molecule has 1 N–H and O–H groups in total. The third-order valence-corrected chi connectivity index (χ3v) is 5.89. The molecule has 2 atom stereocenters. The molecular weight excluding hydrogens is 332 g/mol. The second-order valence-electron chi connectivity index (χ2n) is 7.98. The Morgan fingerprint density at radius 1 is 1.12 bits per heavy atom. The summed E-state index contributed by atoms with van der Waals surface area (Å²) in [6.45, 7) is 6.61. The van der Waals surface area contributed by atoms with Crippen LogP contribution in [0.5, 0.6) is 0 Å². The number of nitrogens with one attached hydrogen (secondary N) is 1. The van der Waals surface area contributed by atoms with Crippen molar-refractivity contribution in [2.45, 2.75) is 25.7 Å². The molecule has 0 saturated carbocycles. The number of aliphatic imine (C=N–C) groups is 1. The summed E-state index contributed by atoms with van der Waals surface area (Å²) in [6.07, 6.45) is 4.66. The van der Waals surface area contributed by atoms with Crippen LogP contribution in [0.1, 0.15) is 25.7 Å². The van der Waals surface area contributed by atoms with Crippen LogP contribution >= 0.6 is 0 Å². The van der Waals surface area contributed by atoms with E-state index < -0.39 is 0 Å². The Morgan fingerprint density at radius 3 is 2.58 bits per heavy atom. The molecule has 0 aromatic carbocycles. The summed E-state index contributed by atoms with van der Waals surface area (Å²) in [4.78, 5) is 20.6. The fourth-order valence-corrected chi connectivity index (χ4v) is 4.08.